The molecule has 0 heterocycles. The molecule has 8 nitrogen and oxygen atoms in total. The zero-order chi connectivity index (χ0) is 15.3. The Morgan fingerprint density at radius 3 is 2.45 bits per heavy atom. The van der Waals surface area contributed by atoms with Crippen LogP contribution in [0, 0.1) is 20.2 Å². The molecule has 1 rings (SSSR count). The van der Waals surface area contributed by atoms with Crippen molar-refractivity contribution in [2.24, 2.45) is 0 Å². The topological polar surface area (TPSA) is 113 Å². The van der Waals surface area contributed by atoms with Crippen molar-refractivity contribution in [1.29, 1.82) is 0 Å². The Balaban J connectivity index is 3.02. The number of nitrogens with zero attached hydrogens (tertiary/aromatic N) is 2. The van der Waals surface area contributed by atoms with Crippen LogP contribution >= 0.6 is 23.2 Å². The SMILES string of the molecule is O=C(OCC(Cl)CCl)c1ccc([N+](=O)[O-])cc1[N+](=O)[O-]. The third kappa shape index (κ3) is 4.04. The van der Waals surface area contributed by atoms with Crippen LogP contribution in [-0.2, 0) is 4.74 Å². The van der Waals surface area contributed by atoms with Crippen molar-refractivity contribution >= 4 is 40.5 Å². The summed E-state index contributed by atoms with van der Waals surface area (Å²) in [6.45, 7) is -0.224. The third-order valence-corrected chi connectivity index (χ3v) is 2.98. The molecule has 10 heteroatoms. The Morgan fingerprint density at radius 2 is 1.95 bits per heavy atom. The van der Waals surface area contributed by atoms with Crippen LogP contribution in [-0.4, -0.2) is 33.7 Å². The van der Waals surface area contributed by atoms with Gasteiger partial charge in [0, 0.05) is 11.9 Å². The number of benzene rings is 1. The lowest BCUT2D eigenvalue weighted by atomic mass is 10.1. The van der Waals surface area contributed by atoms with Crippen LogP contribution in [0.25, 0.3) is 0 Å². The second-order valence-electron chi connectivity index (χ2n) is 3.57. The molecule has 0 aromatic heterocycles. The molecule has 0 N–H and O–H groups in total. The van der Waals surface area contributed by atoms with E-state index in [1.807, 2.05) is 0 Å². The highest BCUT2D eigenvalue weighted by Gasteiger charge is 2.25. The molecule has 1 atom stereocenters. The van der Waals surface area contributed by atoms with Gasteiger partial charge < -0.3 is 4.74 Å². The third-order valence-electron chi connectivity index (χ3n) is 2.17. The van der Waals surface area contributed by atoms with Crippen LogP contribution in [0.5, 0.6) is 0 Å². The number of esters is 1. The molecule has 0 aliphatic heterocycles. The number of alkyl halides is 2. The standard InChI is InChI=1S/C10H8Cl2N2O6/c11-4-6(12)5-20-10(15)8-2-1-7(13(16)17)3-9(8)14(18)19/h1-3,6H,4-5H2. The van der Waals surface area contributed by atoms with E-state index in [2.05, 4.69) is 0 Å². The monoisotopic (exact) mass is 322 g/mol. The molecule has 0 spiro atoms. The van der Waals surface area contributed by atoms with Crippen molar-refractivity contribution in [3.63, 3.8) is 0 Å². The molecule has 0 aliphatic rings. The van der Waals surface area contributed by atoms with Gasteiger partial charge in [-0.25, -0.2) is 4.79 Å². The van der Waals surface area contributed by atoms with Crippen LogP contribution < -0.4 is 0 Å². The first-order valence-corrected chi connectivity index (χ1v) is 6.14. The maximum atomic E-state index is 11.7. The summed E-state index contributed by atoms with van der Waals surface area (Å²) in [6.07, 6.45) is 0. The Morgan fingerprint density at radius 1 is 1.30 bits per heavy atom. The van der Waals surface area contributed by atoms with E-state index in [1.54, 1.807) is 0 Å². The number of nitro benzene ring substituents is 2. The average molecular weight is 323 g/mol. The van der Waals surface area contributed by atoms with Crippen LogP contribution in [0.4, 0.5) is 11.4 Å². The summed E-state index contributed by atoms with van der Waals surface area (Å²) in [5.41, 5.74) is -1.59. The van der Waals surface area contributed by atoms with E-state index in [4.69, 9.17) is 27.9 Å². The maximum Gasteiger partial charge on any atom is 0.345 e. The fourth-order valence-electron chi connectivity index (χ4n) is 1.25. The van der Waals surface area contributed by atoms with E-state index < -0.39 is 32.6 Å². The first-order valence-electron chi connectivity index (χ1n) is 5.16. The van der Waals surface area contributed by atoms with Gasteiger partial charge in [0.2, 0.25) is 0 Å². The van der Waals surface area contributed by atoms with Gasteiger partial charge >= 0.3 is 5.97 Å². The number of carbonyl (C=O) groups is 1. The van der Waals surface area contributed by atoms with E-state index in [1.165, 1.54) is 0 Å². The van der Waals surface area contributed by atoms with Crippen LogP contribution in [0.1, 0.15) is 10.4 Å². The first-order chi connectivity index (χ1) is 9.36. The largest absolute Gasteiger partial charge is 0.460 e. The highest BCUT2D eigenvalue weighted by Crippen LogP contribution is 2.25. The van der Waals surface area contributed by atoms with Gasteiger partial charge in [0.25, 0.3) is 11.4 Å². The van der Waals surface area contributed by atoms with Crippen molar-refractivity contribution < 1.29 is 19.4 Å². The highest BCUT2D eigenvalue weighted by molar-refractivity contribution is 6.28. The highest BCUT2D eigenvalue weighted by atomic mass is 35.5. The Hall–Kier alpha value is -1.93. The molecule has 0 aliphatic carbocycles. The van der Waals surface area contributed by atoms with E-state index in [0.717, 1.165) is 12.1 Å². The van der Waals surface area contributed by atoms with Crippen LogP contribution in [0.3, 0.4) is 0 Å². The van der Waals surface area contributed by atoms with Gasteiger partial charge in [0.15, 0.2) is 0 Å². The molecule has 20 heavy (non-hydrogen) atoms. The summed E-state index contributed by atoms with van der Waals surface area (Å²) in [6, 6.07) is 2.63. The Kier molecular flexibility index (Phi) is 5.66. The number of non-ortho nitro benzene ring substituents is 1. The molecule has 1 aromatic carbocycles. The number of ether oxygens (including phenoxy) is 1. The van der Waals surface area contributed by atoms with Gasteiger partial charge in [-0.2, -0.15) is 0 Å². The number of halogens is 2. The van der Waals surface area contributed by atoms with Gasteiger partial charge in [-0.1, -0.05) is 0 Å². The summed E-state index contributed by atoms with van der Waals surface area (Å²) < 4.78 is 4.74. The van der Waals surface area contributed by atoms with Crippen molar-refractivity contribution in [3.8, 4) is 0 Å². The molecule has 0 fully saturated rings. The number of hydrogen-bond donors (Lipinski definition) is 0. The van der Waals surface area contributed by atoms with Crippen molar-refractivity contribution in [2.75, 3.05) is 12.5 Å². The Bertz CT molecular complexity index is 551. The van der Waals surface area contributed by atoms with Crippen LogP contribution in [0.2, 0.25) is 0 Å². The number of hydrogen-bond acceptors (Lipinski definition) is 6. The molecule has 0 saturated heterocycles. The van der Waals surface area contributed by atoms with E-state index in [-0.39, 0.29) is 18.1 Å². The molecule has 0 amide bonds. The number of rotatable bonds is 6. The van der Waals surface area contributed by atoms with Gasteiger partial charge in [-0.05, 0) is 6.07 Å². The van der Waals surface area contributed by atoms with Crippen molar-refractivity contribution in [2.45, 2.75) is 5.38 Å². The number of nitro groups is 2. The van der Waals surface area contributed by atoms with Gasteiger partial charge in [0.1, 0.15) is 12.2 Å². The molecule has 0 saturated carbocycles. The van der Waals surface area contributed by atoms with Gasteiger partial charge in [-0.15, -0.1) is 23.2 Å². The summed E-state index contributed by atoms with van der Waals surface area (Å²) >= 11 is 11.0. The summed E-state index contributed by atoms with van der Waals surface area (Å²) in [4.78, 5) is 31.3. The molecule has 108 valence electrons. The lowest BCUT2D eigenvalue weighted by Gasteiger charge is -2.07. The second kappa shape index (κ2) is 7.01. The maximum absolute atomic E-state index is 11.7. The molecule has 0 bridgehead atoms. The van der Waals surface area contributed by atoms with Crippen molar-refractivity contribution in [3.05, 3.63) is 44.0 Å². The fourth-order valence-corrected chi connectivity index (χ4v) is 1.40. The fraction of sp³-hybridized carbons (Fsp3) is 0.300. The molecule has 1 aromatic rings. The van der Waals surface area contributed by atoms with Gasteiger partial charge in [0.05, 0.1) is 21.3 Å². The normalized spacial score (nSPS) is 11.7. The minimum atomic E-state index is -0.998. The first kappa shape index (κ1) is 16.1. The average Bonchev–Trinajstić information content (AvgIpc) is 2.43. The molecule has 0 radical (unpaired) electrons. The minimum absolute atomic E-state index is 0.0389. The van der Waals surface area contributed by atoms with Crippen molar-refractivity contribution in [1.82, 2.24) is 0 Å². The minimum Gasteiger partial charge on any atom is -0.460 e. The van der Waals surface area contributed by atoms with E-state index in [0.29, 0.717) is 6.07 Å². The lowest BCUT2D eigenvalue weighted by molar-refractivity contribution is -0.394. The lowest BCUT2D eigenvalue weighted by Crippen LogP contribution is -2.16. The molecular formula is C10H8Cl2N2O6. The zero-order valence-electron chi connectivity index (χ0n) is 9.82. The zero-order valence-corrected chi connectivity index (χ0v) is 11.3. The van der Waals surface area contributed by atoms with E-state index >= 15 is 0 Å². The Labute approximate surface area is 122 Å². The molecule has 1 unspecified atom stereocenters. The summed E-state index contributed by atoms with van der Waals surface area (Å²) in [5, 5.41) is 20.7. The quantitative estimate of drug-likeness (QED) is 0.344. The summed E-state index contributed by atoms with van der Waals surface area (Å²) in [5.74, 6) is -0.959. The second-order valence-corrected chi connectivity index (χ2v) is 4.49. The summed E-state index contributed by atoms with van der Waals surface area (Å²) in [7, 11) is 0. The van der Waals surface area contributed by atoms with Gasteiger partial charge in [-0.3, -0.25) is 20.2 Å². The predicted octanol–water partition coefficient (Wildman–Crippen LogP) is 2.51. The predicted molar refractivity (Wildman–Crippen MR) is 70.4 cm³/mol. The van der Waals surface area contributed by atoms with Crippen LogP contribution in [0.15, 0.2) is 18.2 Å². The molecular weight excluding hydrogens is 315 g/mol. The van der Waals surface area contributed by atoms with E-state index in [9.17, 15) is 25.0 Å². The smallest absolute Gasteiger partial charge is 0.345 e. The number of carbonyl (C=O) groups excluding carboxylic acids is 1.